The summed E-state index contributed by atoms with van der Waals surface area (Å²) >= 11 is 0. The molecule has 2 rings (SSSR count). The van der Waals surface area contributed by atoms with Crippen molar-refractivity contribution < 1.29 is 9.53 Å². The molecule has 1 aromatic heterocycles. The van der Waals surface area contributed by atoms with Gasteiger partial charge in [-0.1, -0.05) is 12.1 Å². The van der Waals surface area contributed by atoms with Crippen molar-refractivity contribution in [1.29, 1.82) is 0 Å². The van der Waals surface area contributed by atoms with Crippen molar-refractivity contribution in [2.75, 3.05) is 11.9 Å². The van der Waals surface area contributed by atoms with Crippen LogP contribution in [-0.2, 0) is 11.3 Å². The fraction of sp³-hybridized carbons (Fsp3) is 0.375. The van der Waals surface area contributed by atoms with Crippen LogP contribution in [0.25, 0.3) is 0 Å². The second kappa shape index (κ2) is 6.92. The first-order valence-electron chi connectivity index (χ1n) is 7.20. The molecule has 21 heavy (non-hydrogen) atoms. The number of benzene rings is 1. The van der Waals surface area contributed by atoms with Gasteiger partial charge in [0.2, 0.25) is 0 Å². The lowest BCUT2D eigenvalue weighted by Crippen LogP contribution is -2.12. The summed E-state index contributed by atoms with van der Waals surface area (Å²) in [5, 5.41) is 7.62. The zero-order chi connectivity index (χ0) is 15.2. The average molecular weight is 287 g/mol. The molecule has 0 saturated carbocycles. The van der Waals surface area contributed by atoms with Crippen LogP contribution in [0.3, 0.4) is 0 Å². The molecule has 0 amide bonds. The van der Waals surface area contributed by atoms with E-state index in [9.17, 15) is 4.79 Å². The van der Waals surface area contributed by atoms with Crippen LogP contribution in [0.15, 0.2) is 36.7 Å². The van der Waals surface area contributed by atoms with Crippen molar-refractivity contribution in [3.8, 4) is 0 Å². The number of rotatable bonds is 6. The molecule has 0 aliphatic heterocycles. The van der Waals surface area contributed by atoms with Crippen molar-refractivity contribution in [1.82, 2.24) is 9.78 Å². The number of aryl methyl sites for hydroxylation is 1. The van der Waals surface area contributed by atoms with E-state index in [0.29, 0.717) is 12.2 Å². The van der Waals surface area contributed by atoms with Crippen LogP contribution in [0.4, 0.5) is 5.69 Å². The molecule has 0 saturated heterocycles. The van der Waals surface area contributed by atoms with Crippen molar-refractivity contribution in [2.24, 2.45) is 0 Å². The number of anilines is 1. The molecule has 1 heterocycles. The third kappa shape index (κ3) is 3.62. The molecule has 1 unspecified atom stereocenters. The Labute approximate surface area is 124 Å². The Morgan fingerprint density at radius 2 is 2.14 bits per heavy atom. The van der Waals surface area contributed by atoms with Crippen molar-refractivity contribution in [3.05, 3.63) is 47.8 Å². The Morgan fingerprint density at radius 1 is 1.38 bits per heavy atom. The third-order valence-corrected chi connectivity index (χ3v) is 3.27. The molecule has 1 aromatic carbocycles. The fourth-order valence-corrected chi connectivity index (χ4v) is 2.09. The quantitative estimate of drug-likeness (QED) is 0.829. The van der Waals surface area contributed by atoms with Crippen LogP contribution in [-0.4, -0.2) is 22.4 Å². The van der Waals surface area contributed by atoms with Crippen LogP contribution >= 0.6 is 0 Å². The highest BCUT2D eigenvalue weighted by Crippen LogP contribution is 2.22. The first-order chi connectivity index (χ1) is 10.2. The first-order valence-corrected chi connectivity index (χ1v) is 7.20. The fourth-order valence-electron chi connectivity index (χ4n) is 2.09. The first kappa shape index (κ1) is 15.1. The summed E-state index contributed by atoms with van der Waals surface area (Å²) in [6, 6.07) is 7.43. The molecule has 2 aromatic rings. The predicted octanol–water partition coefficient (Wildman–Crippen LogP) is 3.25. The minimum Gasteiger partial charge on any atom is -0.462 e. The van der Waals surface area contributed by atoms with Gasteiger partial charge in [-0.05, 0) is 32.9 Å². The lowest BCUT2D eigenvalue weighted by atomic mass is 10.1. The molecule has 5 heteroatoms. The largest absolute Gasteiger partial charge is 0.462 e. The molecular weight excluding hydrogens is 266 g/mol. The van der Waals surface area contributed by atoms with Crippen LogP contribution in [0, 0.1) is 0 Å². The number of carbonyl (C=O) groups excluding carboxylic acids is 1. The minimum absolute atomic E-state index is 0.0564. The summed E-state index contributed by atoms with van der Waals surface area (Å²) in [6.07, 6.45) is 3.85. The molecule has 0 bridgehead atoms. The Bertz CT molecular complexity index is 607. The number of carbonyl (C=O) groups is 1. The Morgan fingerprint density at radius 3 is 2.81 bits per heavy atom. The number of esters is 1. The zero-order valence-corrected chi connectivity index (χ0v) is 12.7. The van der Waals surface area contributed by atoms with E-state index >= 15 is 0 Å². The average Bonchev–Trinajstić information content (AvgIpc) is 2.97. The molecule has 1 atom stereocenters. The summed E-state index contributed by atoms with van der Waals surface area (Å²) in [5.41, 5.74) is 2.40. The van der Waals surface area contributed by atoms with Gasteiger partial charge in [-0.3, -0.25) is 4.68 Å². The van der Waals surface area contributed by atoms with E-state index in [1.165, 1.54) is 0 Å². The van der Waals surface area contributed by atoms with Gasteiger partial charge in [-0.2, -0.15) is 5.10 Å². The number of nitrogens with zero attached hydrogens (tertiary/aromatic N) is 2. The maximum absolute atomic E-state index is 12.0. The van der Waals surface area contributed by atoms with E-state index < -0.39 is 0 Å². The Kier molecular flexibility index (Phi) is 4.98. The summed E-state index contributed by atoms with van der Waals surface area (Å²) in [6.45, 7) is 7.09. The van der Waals surface area contributed by atoms with Gasteiger partial charge in [-0.15, -0.1) is 0 Å². The molecule has 1 N–H and O–H groups in total. The number of hydrogen-bond donors (Lipinski definition) is 1. The van der Waals surface area contributed by atoms with Gasteiger partial charge in [-0.25, -0.2) is 4.79 Å². The molecule has 0 fully saturated rings. The SMILES string of the molecule is CCOC(=O)c1ccccc1NC(C)c1cnn(CC)c1. The highest BCUT2D eigenvalue weighted by Gasteiger charge is 2.15. The second-order valence-electron chi connectivity index (χ2n) is 4.76. The number of nitrogens with one attached hydrogen (secondary N) is 1. The molecule has 112 valence electrons. The normalized spacial score (nSPS) is 12.0. The van der Waals surface area contributed by atoms with E-state index in [4.69, 9.17) is 4.74 Å². The van der Waals surface area contributed by atoms with Crippen LogP contribution < -0.4 is 5.32 Å². The summed E-state index contributed by atoms with van der Waals surface area (Å²) < 4.78 is 6.96. The standard InChI is InChI=1S/C16H21N3O2/c1-4-19-11-13(10-17-19)12(3)18-15-9-7-6-8-14(15)16(20)21-5-2/h6-12,18H,4-5H2,1-3H3. The number of aromatic nitrogens is 2. The minimum atomic E-state index is -0.308. The van der Waals surface area contributed by atoms with Gasteiger partial charge in [0.1, 0.15) is 0 Å². The highest BCUT2D eigenvalue weighted by atomic mass is 16.5. The molecular formula is C16H21N3O2. The Balaban J connectivity index is 2.17. The number of hydrogen-bond acceptors (Lipinski definition) is 4. The third-order valence-electron chi connectivity index (χ3n) is 3.27. The van der Waals surface area contributed by atoms with E-state index in [2.05, 4.69) is 10.4 Å². The number of ether oxygens (including phenoxy) is 1. The molecule has 5 nitrogen and oxygen atoms in total. The zero-order valence-electron chi connectivity index (χ0n) is 12.7. The van der Waals surface area contributed by atoms with Crippen LogP contribution in [0.2, 0.25) is 0 Å². The second-order valence-corrected chi connectivity index (χ2v) is 4.76. The Hall–Kier alpha value is -2.30. The van der Waals surface area contributed by atoms with E-state index in [-0.39, 0.29) is 12.0 Å². The van der Waals surface area contributed by atoms with E-state index in [1.54, 1.807) is 13.0 Å². The number of para-hydroxylation sites is 1. The lowest BCUT2D eigenvalue weighted by molar-refractivity contribution is 0.0527. The maximum Gasteiger partial charge on any atom is 0.340 e. The van der Waals surface area contributed by atoms with Crippen LogP contribution in [0.5, 0.6) is 0 Å². The van der Waals surface area contributed by atoms with Gasteiger partial charge in [0.05, 0.1) is 24.4 Å². The highest BCUT2D eigenvalue weighted by molar-refractivity contribution is 5.95. The molecule has 0 spiro atoms. The van der Waals surface area contributed by atoms with Crippen molar-refractivity contribution in [3.63, 3.8) is 0 Å². The summed E-state index contributed by atoms with van der Waals surface area (Å²) in [5.74, 6) is -0.308. The van der Waals surface area contributed by atoms with Gasteiger partial charge < -0.3 is 10.1 Å². The topological polar surface area (TPSA) is 56.1 Å². The smallest absolute Gasteiger partial charge is 0.340 e. The summed E-state index contributed by atoms with van der Waals surface area (Å²) in [7, 11) is 0. The van der Waals surface area contributed by atoms with Gasteiger partial charge in [0, 0.05) is 24.0 Å². The molecule has 0 aliphatic carbocycles. The lowest BCUT2D eigenvalue weighted by Gasteiger charge is -2.16. The van der Waals surface area contributed by atoms with Gasteiger partial charge >= 0.3 is 5.97 Å². The molecule has 0 aliphatic rings. The van der Waals surface area contributed by atoms with Gasteiger partial charge in [0.25, 0.3) is 0 Å². The van der Waals surface area contributed by atoms with E-state index in [0.717, 1.165) is 17.8 Å². The molecule has 0 radical (unpaired) electrons. The maximum atomic E-state index is 12.0. The van der Waals surface area contributed by atoms with Crippen molar-refractivity contribution >= 4 is 11.7 Å². The van der Waals surface area contributed by atoms with Crippen LogP contribution in [0.1, 0.15) is 42.7 Å². The predicted molar refractivity (Wildman–Crippen MR) is 82.3 cm³/mol. The van der Waals surface area contributed by atoms with Crippen molar-refractivity contribution in [2.45, 2.75) is 33.4 Å². The van der Waals surface area contributed by atoms with Gasteiger partial charge in [0.15, 0.2) is 0 Å². The monoisotopic (exact) mass is 287 g/mol. The van der Waals surface area contributed by atoms with E-state index in [1.807, 2.05) is 49.1 Å². The summed E-state index contributed by atoms with van der Waals surface area (Å²) in [4.78, 5) is 12.0.